The van der Waals surface area contributed by atoms with Crippen molar-refractivity contribution in [3.63, 3.8) is 0 Å². The van der Waals surface area contributed by atoms with E-state index in [2.05, 4.69) is 15.5 Å². The molecule has 33 heavy (non-hydrogen) atoms. The summed E-state index contributed by atoms with van der Waals surface area (Å²) in [5.74, 6) is -0.271. The molecule has 4 aromatic rings. The zero-order chi connectivity index (χ0) is 23.0. The Morgan fingerprint density at radius 1 is 1.03 bits per heavy atom. The number of thioether (sulfide) groups is 1. The van der Waals surface area contributed by atoms with Gasteiger partial charge in [0.25, 0.3) is 11.5 Å². The van der Waals surface area contributed by atoms with Gasteiger partial charge in [-0.15, -0.1) is 0 Å². The molecule has 0 saturated carbocycles. The van der Waals surface area contributed by atoms with Gasteiger partial charge >= 0.3 is 0 Å². The number of benzene rings is 3. The summed E-state index contributed by atoms with van der Waals surface area (Å²) >= 11 is 7.16. The SMILES string of the molecule is O=C(CSc1nc2ccccc2c(=O)n1-c1ccc(Cl)cc1)NN=CC=Cc1ccccc1. The molecule has 0 aliphatic carbocycles. The predicted octanol–water partition coefficient (Wildman–Crippen LogP) is 4.95. The van der Waals surface area contributed by atoms with Gasteiger partial charge < -0.3 is 0 Å². The maximum atomic E-state index is 13.2. The number of fused-ring (bicyclic) bond motifs is 1. The van der Waals surface area contributed by atoms with Crippen LogP contribution in [0.25, 0.3) is 22.7 Å². The smallest absolute Gasteiger partial charge is 0.266 e. The largest absolute Gasteiger partial charge is 0.272 e. The van der Waals surface area contributed by atoms with Crippen LogP contribution in [-0.4, -0.2) is 27.4 Å². The first-order chi connectivity index (χ1) is 16.1. The molecule has 8 heteroatoms. The van der Waals surface area contributed by atoms with Crippen molar-refractivity contribution in [1.82, 2.24) is 15.0 Å². The predicted molar refractivity (Wildman–Crippen MR) is 135 cm³/mol. The highest BCUT2D eigenvalue weighted by molar-refractivity contribution is 7.99. The number of carbonyl (C=O) groups is 1. The maximum absolute atomic E-state index is 13.2. The molecule has 0 spiro atoms. The fraction of sp³-hybridized carbons (Fsp3) is 0.0400. The second kappa shape index (κ2) is 10.8. The lowest BCUT2D eigenvalue weighted by molar-refractivity contribution is -0.118. The molecule has 3 aromatic carbocycles. The van der Waals surface area contributed by atoms with Crippen molar-refractivity contribution in [2.75, 3.05) is 5.75 Å². The van der Waals surface area contributed by atoms with E-state index in [-0.39, 0.29) is 17.2 Å². The fourth-order valence-corrected chi connectivity index (χ4v) is 3.99. The number of nitrogens with zero attached hydrogens (tertiary/aromatic N) is 3. The summed E-state index contributed by atoms with van der Waals surface area (Å²) in [6.45, 7) is 0. The Labute approximate surface area is 199 Å². The third-order valence-corrected chi connectivity index (χ3v) is 5.79. The van der Waals surface area contributed by atoms with Crippen LogP contribution >= 0.6 is 23.4 Å². The molecule has 0 bridgehead atoms. The number of halogens is 1. The molecule has 1 N–H and O–H groups in total. The number of carbonyl (C=O) groups excluding carboxylic acids is 1. The normalized spacial score (nSPS) is 11.4. The molecule has 0 atom stereocenters. The van der Waals surface area contributed by atoms with E-state index in [9.17, 15) is 9.59 Å². The third-order valence-electron chi connectivity index (χ3n) is 4.60. The monoisotopic (exact) mass is 474 g/mol. The summed E-state index contributed by atoms with van der Waals surface area (Å²) in [4.78, 5) is 30.1. The van der Waals surface area contributed by atoms with Crippen molar-refractivity contribution in [2.24, 2.45) is 5.10 Å². The minimum Gasteiger partial charge on any atom is -0.272 e. The van der Waals surface area contributed by atoms with Crippen molar-refractivity contribution in [3.05, 3.63) is 106 Å². The molecule has 0 saturated heterocycles. The van der Waals surface area contributed by atoms with Gasteiger partial charge in [0.05, 0.1) is 22.3 Å². The van der Waals surface area contributed by atoms with Gasteiger partial charge in [-0.3, -0.25) is 14.2 Å². The van der Waals surface area contributed by atoms with Crippen molar-refractivity contribution in [2.45, 2.75) is 5.16 Å². The van der Waals surface area contributed by atoms with Crippen molar-refractivity contribution in [3.8, 4) is 5.69 Å². The lowest BCUT2D eigenvalue weighted by Gasteiger charge is -2.13. The van der Waals surface area contributed by atoms with Crippen LogP contribution < -0.4 is 11.0 Å². The van der Waals surface area contributed by atoms with Crippen LogP contribution in [0.3, 0.4) is 0 Å². The number of amides is 1. The van der Waals surface area contributed by atoms with Crippen LogP contribution in [-0.2, 0) is 4.79 Å². The summed E-state index contributed by atoms with van der Waals surface area (Å²) in [6, 6.07) is 23.8. The fourth-order valence-electron chi connectivity index (χ4n) is 3.06. The Bertz CT molecular complexity index is 1380. The van der Waals surface area contributed by atoms with E-state index in [4.69, 9.17) is 11.6 Å². The molecule has 0 aliphatic heterocycles. The van der Waals surface area contributed by atoms with Gasteiger partial charge in [0.2, 0.25) is 0 Å². The second-order valence-corrected chi connectivity index (χ2v) is 8.28. The molecule has 1 aromatic heterocycles. The molecular weight excluding hydrogens is 456 g/mol. The van der Waals surface area contributed by atoms with Crippen molar-refractivity contribution >= 4 is 52.5 Å². The average molecular weight is 475 g/mol. The standard InChI is InChI=1S/C25H19ClN4O2S/c26-19-12-14-20(15-13-19)30-24(32)21-10-4-5-11-22(21)28-25(30)33-17-23(31)29-27-16-6-9-18-7-2-1-3-8-18/h1-16H,17H2,(H,29,31). The van der Waals surface area contributed by atoms with Crippen LogP contribution in [0.2, 0.25) is 5.02 Å². The maximum Gasteiger partial charge on any atom is 0.266 e. The van der Waals surface area contributed by atoms with Crippen molar-refractivity contribution in [1.29, 1.82) is 0 Å². The third kappa shape index (κ3) is 5.77. The summed E-state index contributed by atoms with van der Waals surface area (Å²) in [7, 11) is 0. The number of para-hydroxylation sites is 1. The molecule has 164 valence electrons. The van der Waals surface area contributed by atoms with E-state index >= 15 is 0 Å². The summed E-state index contributed by atoms with van der Waals surface area (Å²) in [6.07, 6.45) is 5.13. The van der Waals surface area contributed by atoms with Gasteiger partial charge in [-0.2, -0.15) is 5.10 Å². The first-order valence-corrected chi connectivity index (χ1v) is 11.4. The molecule has 0 unspecified atom stereocenters. The Morgan fingerprint density at radius 2 is 1.76 bits per heavy atom. The van der Waals surface area contributed by atoms with Gasteiger partial charge in [-0.1, -0.05) is 71.9 Å². The molecule has 6 nitrogen and oxygen atoms in total. The van der Waals surface area contributed by atoms with Crippen molar-refractivity contribution < 1.29 is 4.79 Å². The van der Waals surface area contributed by atoms with Gasteiger partial charge in [0.1, 0.15) is 0 Å². The zero-order valence-corrected chi connectivity index (χ0v) is 19.0. The van der Waals surface area contributed by atoms with E-state index in [0.717, 1.165) is 17.3 Å². The molecule has 1 heterocycles. The van der Waals surface area contributed by atoms with Gasteiger partial charge in [0.15, 0.2) is 5.16 Å². The summed E-state index contributed by atoms with van der Waals surface area (Å²) < 4.78 is 1.49. The zero-order valence-electron chi connectivity index (χ0n) is 17.4. The lowest BCUT2D eigenvalue weighted by atomic mass is 10.2. The minimum atomic E-state index is -0.311. The number of hydrazone groups is 1. The van der Waals surface area contributed by atoms with Gasteiger partial charge in [-0.05, 0) is 48.0 Å². The Balaban J connectivity index is 1.49. The number of nitrogens with one attached hydrogen (secondary N) is 1. The Morgan fingerprint density at radius 3 is 2.55 bits per heavy atom. The molecule has 1 amide bonds. The van der Waals surface area contributed by atoms with E-state index in [1.54, 1.807) is 48.5 Å². The highest BCUT2D eigenvalue weighted by Crippen LogP contribution is 2.22. The van der Waals surface area contributed by atoms with Crippen LogP contribution in [0.5, 0.6) is 0 Å². The molecule has 0 radical (unpaired) electrons. The van der Waals surface area contributed by atoms with Gasteiger partial charge in [-0.25, -0.2) is 10.4 Å². The molecule has 4 rings (SSSR count). The molecular formula is C25H19ClN4O2S. The van der Waals surface area contributed by atoms with E-state index < -0.39 is 0 Å². The number of hydrogen-bond acceptors (Lipinski definition) is 5. The lowest BCUT2D eigenvalue weighted by Crippen LogP contribution is -2.24. The van der Waals surface area contributed by atoms with Crippen LogP contribution in [0.4, 0.5) is 0 Å². The number of rotatable bonds is 7. The first-order valence-electron chi connectivity index (χ1n) is 10.1. The minimum absolute atomic E-state index is 0.0398. The summed E-state index contributed by atoms with van der Waals surface area (Å²) in [5, 5.41) is 5.39. The van der Waals surface area contributed by atoms with Crippen LogP contribution in [0, 0.1) is 0 Å². The van der Waals surface area contributed by atoms with Gasteiger partial charge in [0, 0.05) is 11.2 Å². The average Bonchev–Trinajstić information content (AvgIpc) is 2.84. The second-order valence-electron chi connectivity index (χ2n) is 6.90. The highest BCUT2D eigenvalue weighted by Gasteiger charge is 2.14. The molecule has 0 fully saturated rings. The van der Waals surface area contributed by atoms with E-state index in [1.807, 2.05) is 42.5 Å². The molecule has 0 aliphatic rings. The van der Waals surface area contributed by atoms with Crippen LogP contribution in [0.15, 0.2) is 100.0 Å². The summed E-state index contributed by atoms with van der Waals surface area (Å²) in [5.41, 5.74) is 4.50. The first kappa shape index (κ1) is 22.5. The quantitative estimate of drug-likeness (QED) is 0.178. The Kier molecular flexibility index (Phi) is 7.34. The number of hydrogen-bond donors (Lipinski definition) is 1. The van der Waals surface area contributed by atoms with Crippen LogP contribution in [0.1, 0.15) is 5.56 Å². The number of allylic oxidation sites excluding steroid dienone is 1. The Hall–Kier alpha value is -3.68. The van der Waals surface area contributed by atoms with E-state index in [0.29, 0.717) is 26.8 Å². The number of aromatic nitrogens is 2. The topological polar surface area (TPSA) is 76.3 Å². The highest BCUT2D eigenvalue weighted by atomic mass is 35.5. The van der Waals surface area contributed by atoms with E-state index in [1.165, 1.54) is 10.8 Å².